The Hall–Kier alpha value is -3.99. The second kappa shape index (κ2) is 6.63. The van der Waals surface area contributed by atoms with Crippen LogP contribution in [0.3, 0.4) is 0 Å². The molecule has 4 rings (SSSR count). The lowest BCUT2D eigenvalue weighted by Gasteiger charge is -2.27. The monoisotopic (exact) mass is 374 g/mol. The van der Waals surface area contributed by atoms with Gasteiger partial charge in [-0.25, -0.2) is 9.07 Å². The number of anilines is 1. The summed E-state index contributed by atoms with van der Waals surface area (Å²) >= 11 is 0. The van der Waals surface area contributed by atoms with Gasteiger partial charge in [0, 0.05) is 11.3 Å². The summed E-state index contributed by atoms with van der Waals surface area (Å²) in [5.74, 6) is -0.102. The molecule has 3 N–H and O–H groups in total. The Morgan fingerprint density at radius 3 is 2.50 bits per heavy atom. The van der Waals surface area contributed by atoms with Crippen molar-refractivity contribution in [3.05, 3.63) is 76.7 Å². The van der Waals surface area contributed by atoms with Gasteiger partial charge in [-0.2, -0.15) is 10.2 Å². The summed E-state index contributed by atoms with van der Waals surface area (Å²) in [6.07, 6.45) is 0. The number of allylic oxidation sites excluding steroid dienone is 1. The van der Waals surface area contributed by atoms with Crippen LogP contribution in [0, 0.1) is 17.1 Å². The Morgan fingerprint density at radius 1 is 1.21 bits per heavy atom. The first-order valence-corrected chi connectivity index (χ1v) is 8.48. The van der Waals surface area contributed by atoms with Crippen molar-refractivity contribution in [3.8, 4) is 17.5 Å². The summed E-state index contributed by atoms with van der Waals surface area (Å²) in [6, 6.07) is 14.2. The summed E-state index contributed by atoms with van der Waals surface area (Å²) < 4.78 is 14.8. The minimum atomic E-state index is -0.594. The van der Waals surface area contributed by atoms with Crippen LogP contribution in [0.2, 0.25) is 0 Å². The Kier molecular flexibility index (Phi) is 4.12. The number of nitrogens with two attached hydrogens (primary N) is 1. The van der Waals surface area contributed by atoms with Crippen LogP contribution in [-0.4, -0.2) is 20.7 Å². The van der Waals surface area contributed by atoms with Gasteiger partial charge in [0.15, 0.2) is 5.82 Å². The van der Waals surface area contributed by atoms with E-state index in [1.165, 1.54) is 12.1 Å². The topological polar surface area (TPSA) is 110 Å². The number of carbonyl (C=O) groups is 1. The van der Waals surface area contributed by atoms with Crippen LogP contribution in [-0.2, 0) is 4.79 Å². The highest BCUT2D eigenvalue weighted by Gasteiger charge is 2.33. The summed E-state index contributed by atoms with van der Waals surface area (Å²) in [7, 11) is 0. The van der Waals surface area contributed by atoms with Crippen molar-refractivity contribution < 1.29 is 9.18 Å². The van der Waals surface area contributed by atoms with E-state index in [4.69, 9.17) is 11.0 Å². The van der Waals surface area contributed by atoms with Crippen molar-refractivity contribution in [3.63, 3.8) is 0 Å². The van der Waals surface area contributed by atoms with Crippen LogP contribution >= 0.6 is 0 Å². The average Bonchev–Trinajstić information content (AvgIpc) is 3.10. The molecule has 8 heteroatoms. The van der Waals surface area contributed by atoms with Crippen molar-refractivity contribution in [2.75, 3.05) is 5.32 Å². The lowest BCUT2D eigenvalue weighted by atomic mass is 9.95. The molecule has 1 atom stereocenters. The molecule has 7 nitrogen and oxygen atoms in total. The number of halogens is 1. The lowest BCUT2D eigenvalue weighted by Crippen LogP contribution is -2.31. The number of benzene rings is 2. The molecule has 1 amide bonds. The highest BCUT2D eigenvalue weighted by Crippen LogP contribution is 2.36. The first-order chi connectivity index (χ1) is 13.5. The van der Waals surface area contributed by atoms with Crippen LogP contribution in [0.1, 0.15) is 24.1 Å². The molecular formula is C20H15FN6O. The van der Waals surface area contributed by atoms with E-state index in [1.54, 1.807) is 48.0 Å². The van der Waals surface area contributed by atoms with E-state index in [0.29, 0.717) is 34.2 Å². The first kappa shape index (κ1) is 17.4. The Morgan fingerprint density at radius 2 is 1.89 bits per heavy atom. The van der Waals surface area contributed by atoms with E-state index < -0.39 is 11.9 Å². The van der Waals surface area contributed by atoms with Gasteiger partial charge in [0.1, 0.15) is 11.9 Å². The van der Waals surface area contributed by atoms with Gasteiger partial charge in [-0.15, -0.1) is 5.10 Å². The van der Waals surface area contributed by atoms with Gasteiger partial charge in [0.05, 0.1) is 17.2 Å². The molecule has 1 aliphatic heterocycles. The Balaban J connectivity index is 1.86. The Labute approximate surface area is 159 Å². The maximum absolute atomic E-state index is 13.2. The maximum atomic E-state index is 13.2. The van der Waals surface area contributed by atoms with Gasteiger partial charge < -0.3 is 11.1 Å². The number of aromatic nitrogens is 3. The molecule has 0 saturated carbocycles. The van der Waals surface area contributed by atoms with Crippen molar-refractivity contribution >= 4 is 11.9 Å². The van der Waals surface area contributed by atoms with Crippen molar-refractivity contribution in [2.45, 2.75) is 13.0 Å². The zero-order chi connectivity index (χ0) is 19.8. The molecular weight excluding hydrogens is 359 g/mol. The standard InChI is InChI=1S/C20H15FN6O/c1-11-16(18(23)28)17(13-4-2-12(10-22)3-5-13)27-20(24-11)25-19(26-27)14-6-8-15(21)9-7-14/h2-9,17H,1H3,(H2,23,28)(H,24,25,26). The molecule has 0 radical (unpaired) electrons. The largest absolute Gasteiger partial charge is 0.366 e. The maximum Gasteiger partial charge on any atom is 0.248 e. The number of carbonyl (C=O) groups excluding carboxylic acids is 1. The number of nitriles is 1. The number of nitrogens with one attached hydrogen (secondary N) is 1. The number of nitrogens with zero attached hydrogens (tertiary/aromatic N) is 4. The van der Waals surface area contributed by atoms with Crippen LogP contribution in [0.5, 0.6) is 0 Å². The van der Waals surface area contributed by atoms with E-state index in [0.717, 1.165) is 5.56 Å². The van der Waals surface area contributed by atoms with Gasteiger partial charge >= 0.3 is 0 Å². The van der Waals surface area contributed by atoms with Crippen LogP contribution in [0.25, 0.3) is 11.4 Å². The number of rotatable bonds is 3. The van der Waals surface area contributed by atoms with Gasteiger partial charge in [-0.1, -0.05) is 12.1 Å². The average molecular weight is 374 g/mol. The van der Waals surface area contributed by atoms with Gasteiger partial charge in [0.25, 0.3) is 0 Å². The minimum absolute atomic E-state index is 0.352. The third-order valence-electron chi connectivity index (χ3n) is 4.58. The predicted octanol–water partition coefficient (Wildman–Crippen LogP) is 2.73. The third kappa shape index (κ3) is 2.89. The van der Waals surface area contributed by atoms with Crippen LogP contribution < -0.4 is 11.1 Å². The van der Waals surface area contributed by atoms with Crippen LogP contribution in [0.4, 0.5) is 10.3 Å². The molecule has 0 aliphatic carbocycles. The molecule has 0 spiro atoms. The fraction of sp³-hybridized carbons (Fsp3) is 0.100. The van der Waals surface area contributed by atoms with Gasteiger partial charge in [-0.3, -0.25) is 4.79 Å². The summed E-state index contributed by atoms with van der Waals surface area (Å²) in [5.41, 5.74) is 8.46. The van der Waals surface area contributed by atoms with Gasteiger partial charge in [0.2, 0.25) is 11.9 Å². The third-order valence-corrected chi connectivity index (χ3v) is 4.58. The zero-order valence-corrected chi connectivity index (χ0v) is 14.8. The number of hydrogen-bond acceptors (Lipinski definition) is 5. The van der Waals surface area contributed by atoms with Crippen molar-refractivity contribution in [1.29, 1.82) is 5.26 Å². The van der Waals surface area contributed by atoms with Crippen molar-refractivity contribution in [1.82, 2.24) is 14.8 Å². The smallest absolute Gasteiger partial charge is 0.248 e. The quantitative estimate of drug-likeness (QED) is 0.732. The predicted molar refractivity (Wildman–Crippen MR) is 100 cm³/mol. The van der Waals surface area contributed by atoms with E-state index in [9.17, 15) is 9.18 Å². The number of hydrogen-bond donors (Lipinski definition) is 2. The fourth-order valence-corrected chi connectivity index (χ4v) is 3.24. The molecule has 3 aromatic rings. The SMILES string of the molecule is CC1=C(C(N)=O)C(c2ccc(C#N)cc2)n2nc(-c3ccc(F)cc3)nc2N1. The molecule has 1 aromatic heterocycles. The second-order valence-electron chi connectivity index (χ2n) is 6.37. The van der Waals surface area contributed by atoms with E-state index in [1.807, 2.05) is 0 Å². The molecule has 28 heavy (non-hydrogen) atoms. The lowest BCUT2D eigenvalue weighted by molar-refractivity contribution is -0.115. The molecule has 2 aromatic carbocycles. The molecule has 0 fully saturated rings. The molecule has 0 bridgehead atoms. The van der Waals surface area contributed by atoms with Gasteiger partial charge in [-0.05, 0) is 48.9 Å². The summed E-state index contributed by atoms with van der Waals surface area (Å²) in [5, 5.41) is 16.6. The highest BCUT2D eigenvalue weighted by molar-refractivity contribution is 5.95. The van der Waals surface area contributed by atoms with Crippen LogP contribution in [0.15, 0.2) is 59.8 Å². The van der Waals surface area contributed by atoms with E-state index in [-0.39, 0.29) is 5.82 Å². The second-order valence-corrected chi connectivity index (χ2v) is 6.37. The van der Waals surface area contributed by atoms with E-state index in [2.05, 4.69) is 21.5 Å². The highest BCUT2D eigenvalue weighted by atomic mass is 19.1. The van der Waals surface area contributed by atoms with Crippen molar-refractivity contribution in [2.24, 2.45) is 5.73 Å². The molecule has 2 heterocycles. The summed E-state index contributed by atoms with van der Waals surface area (Å²) in [4.78, 5) is 16.6. The molecule has 0 saturated heterocycles. The molecule has 1 aliphatic rings. The van der Waals surface area contributed by atoms with E-state index >= 15 is 0 Å². The molecule has 1 unspecified atom stereocenters. The summed E-state index contributed by atoms with van der Waals surface area (Å²) in [6.45, 7) is 1.74. The Bertz CT molecular complexity index is 1140. The number of primary amides is 1. The number of amides is 1. The first-order valence-electron chi connectivity index (χ1n) is 8.48. The molecule has 138 valence electrons. The minimum Gasteiger partial charge on any atom is -0.366 e. The zero-order valence-electron chi connectivity index (χ0n) is 14.8. The normalized spacial score (nSPS) is 15.5. The fourth-order valence-electron chi connectivity index (χ4n) is 3.24. The number of fused-ring (bicyclic) bond motifs is 1.